The van der Waals surface area contributed by atoms with Crippen molar-refractivity contribution in [1.82, 2.24) is 9.03 Å². The van der Waals surface area contributed by atoms with Crippen LogP contribution in [0.3, 0.4) is 0 Å². The topological polar surface area (TPSA) is 102 Å². The molecule has 8 nitrogen and oxygen atoms in total. The molecule has 0 aromatic heterocycles. The van der Waals surface area contributed by atoms with Gasteiger partial charge in [0.15, 0.2) is 0 Å². The molecule has 0 saturated carbocycles. The van der Waals surface area contributed by atoms with Gasteiger partial charge in [0.1, 0.15) is 10.6 Å². The second-order valence-corrected chi connectivity index (χ2v) is 11.1. The highest BCUT2D eigenvalue weighted by Crippen LogP contribution is 2.27. The van der Waals surface area contributed by atoms with Gasteiger partial charge in [0, 0.05) is 19.6 Å². The Kier molecular flexibility index (Phi) is 7.38. The molecule has 2 aromatic rings. The van der Waals surface area contributed by atoms with Crippen molar-refractivity contribution in [3.8, 4) is 5.75 Å². The first-order chi connectivity index (χ1) is 14.6. The molecule has 1 saturated heterocycles. The van der Waals surface area contributed by atoms with Crippen molar-refractivity contribution in [3.63, 3.8) is 0 Å². The number of nitrogens with one attached hydrogen (secondary N) is 1. The normalized spacial score (nSPS) is 15.7. The van der Waals surface area contributed by atoms with E-state index in [1.54, 1.807) is 36.4 Å². The van der Waals surface area contributed by atoms with Gasteiger partial charge in [-0.15, -0.1) is 0 Å². The van der Waals surface area contributed by atoms with Crippen LogP contribution < -0.4 is 9.46 Å². The molecule has 1 aliphatic rings. The van der Waals surface area contributed by atoms with Gasteiger partial charge in [-0.05, 0) is 61.2 Å². The summed E-state index contributed by atoms with van der Waals surface area (Å²) in [5.74, 6) is 0.299. The fourth-order valence-corrected chi connectivity index (χ4v) is 5.98. The van der Waals surface area contributed by atoms with E-state index in [-0.39, 0.29) is 16.3 Å². The Morgan fingerprint density at radius 2 is 1.61 bits per heavy atom. The number of methoxy groups -OCH3 is 1. The summed E-state index contributed by atoms with van der Waals surface area (Å²) in [6, 6.07) is 9.83. The first-order valence-electron chi connectivity index (χ1n) is 9.97. The van der Waals surface area contributed by atoms with Gasteiger partial charge in [-0.25, -0.2) is 21.6 Å². The van der Waals surface area contributed by atoms with Crippen LogP contribution in [-0.4, -0.2) is 61.1 Å². The van der Waals surface area contributed by atoms with Crippen molar-refractivity contribution in [3.05, 3.63) is 53.1 Å². The Morgan fingerprint density at radius 1 is 1.00 bits per heavy atom. The summed E-state index contributed by atoms with van der Waals surface area (Å²) in [6.45, 7) is 5.38. The van der Waals surface area contributed by atoms with E-state index in [4.69, 9.17) is 9.47 Å². The van der Waals surface area contributed by atoms with Gasteiger partial charge in [0.05, 0.1) is 25.2 Å². The van der Waals surface area contributed by atoms with Crippen LogP contribution in [0, 0.1) is 13.8 Å². The lowest BCUT2D eigenvalue weighted by Gasteiger charge is -2.26. The molecule has 0 unspecified atom stereocenters. The monoisotopic (exact) mass is 468 g/mol. The molecule has 3 rings (SSSR count). The van der Waals surface area contributed by atoms with Gasteiger partial charge in [-0.2, -0.15) is 4.31 Å². The Labute approximate surface area is 184 Å². The van der Waals surface area contributed by atoms with Gasteiger partial charge >= 0.3 is 0 Å². The summed E-state index contributed by atoms with van der Waals surface area (Å²) in [7, 11) is -5.85. The van der Waals surface area contributed by atoms with Crippen LogP contribution in [0.4, 0.5) is 0 Å². The largest absolute Gasteiger partial charge is 0.495 e. The van der Waals surface area contributed by atoms with E-state index in [2.05, 4.69) is 4.72 Å². The van der Waals surface area contributed by atoms with E-state index in [9.17, 15) is 16.8 Å². The van der Waals surface area contributed by atoms with Crippen LogP contribution in [-0.2, 0) is 31.2 Å². The smallest absolute Gasteiger partial charge is 0.244 e. The third kappa shape index (κ3) is 5.45. The zero-order valence-corrected chi connectivity index (χ0v) is 19.6. The van der Waals surface area contributed by atoms with E-state index >= 15 is 0 Å². The molecule has 0 spiro atoms. The van der Waals surface area contributed by atoms with Crippen molar-refractivity contribution in [2.45, 2.75) is 30.1 Å². The second kappa shape index (κ2) is 9.66. The number of ether oxygens (including phenoxy) is 2. The molecule has 0 amide bonds. The summed E-state index contributed by atoms with van der Waals surface area (Å²) in [6.07, 6.45) is 0.421. The maximum atomic E-state index is 12.7. The van der Waals surface area contributed by atoms with Crippen molar-refractivity contribution in [2.24, 2.45) is 0 Å². The number of sulfonamides is 2. The second-order valence-electron chi connectivity index (χ2n) is 7.40. The lowest BCUT2D eigenvalue weighted by molar-refractivity contribution is 0.0730. The molecule has 0 radical (unpaired) electrons. The third-order valence-corrected chi connectivity index (χ3v) is 8.70. The molecule has 10 heteroatoms. The first kappa shape index (κ1) is 23.7. The molecule has 31 heavy (non-hydrogen) atoms. The molecular formula is C21H28N2O6S2. The lowest BCUT2D eigenvalue weighted by Crippen LogP contribution is -2.40. The highest BCUT2D eigenvalue weighted by molar-refractivity contribution is 7.89. The fourth-order valence-electron chi connectivity index (χ4n) is 3.30. The predicted octanol–water partition coefficient (Wildman–Crippen LogP) is 1.85. The predicted molar refractivity (Wildman–Crippen MR) is 117 cm³/mol. The maximum Gasteiger partial charge on any atom is 0.244 e. The van der Waals surface area contributed by atoms with Crippen LogP contribution >= 0.6 is 0 Å². The van der Waals surface area contributed by atoms with Crippen LogP contribution in [0.2, 0.25) is 0 Å². The van der Waals surface area contributed by atoms with Crippen LogP contribution in [0.25, 0.3) is 0 Å². The van der Waals surface area contributed by atoms with E-state index in [1.165, 1.54) is 11.4 Å². The molecule has 1 aliphatic heterocycles. The number of aryl methyl sites for hydroxylation is 2. The minimum Gasteiger partial charge on any atom is -0.495 e. The first-order valence-corrected chi connectivity index (χ1v) is 12.9. The Morgan fingerprint density at radius 3 is 2.23 bits per heavy atom. The maximum absolute atomic E-state index is 12.7. The summed E-state index contributed by atoms with van der Waals surface area (Å²) < 4.78 is 65.3. The fraction of sp³-hybridized carbons (Fsp3) is 0.429. The molecular weight excluding hydrogens is 440 g/mol. The number of hydrogen-bond donors (Lipinski definition) is 1. The molecule has 2 aromatic carbocycles. The quantitative estimate of drug-likeness (QED) is 0.635. The molecule has 1 N–H and O–H groups in total. The van der Waals surface area contributed by atoms with Crippen molar-refractivity contribution >= 4 is 20.0 Å². The molecule has 1 heterocycles. The van der Waals surface area contributed by atoms with Gasteiger partial charge in [0.25, 0.3) is 0 Å². The van der Waals surface area contributed by atoms with E-state index in [0.29, 0.717) is 38.5 Å². The number of nitrogens with zero attached hydrogens (tertiary/aromatic N) is 1. The van der Waals surface area contributed by atoms with E-state index in [0.717, 1.165) is 16.7 Å². The summed E-state index contributed by atoms with van der Waals surface area (Å²) in [5, 5.41) is 0. The Bertz CT molecular complexity index is 1120. The van der Waals surface area contributed by atoms with Crippen LogP contribution in [0.1, 0.15) is 16.7 Å². The highest BCUT2D eigenvalue weighted by Gasteiger charge is 2.26. The van der Waals surface area contributed by atoms with Crippen LogP contribution in [0.15, 0.2) is 46.2 Å². The summed E-state index contributed by atoms with van der Waals surface area (Å²) in [5.41, 5.74) is 2.64. The highest BCUT2D eigenvalue weighted by atomic mass is 32.2. The van der Waals surface area contributed by atoms with Gasteiger partial charge < -0.3 is 9.47 Å². The third-order valence-electron chi connectivity index (χ3n) is 5.31. The zero-order chi connectivity index (χ0) is 22.6. The van der Waals surface area contributed by atoms with E-state index in [1.807, 2.05) is 13.8 Å². The van der Waals surface area contributed by atoms with Crippen molar-refractivity contribution < 1.29 is 26.3 Å². The molecule has 170 valence electrons. The molecule has 1 fully saturated rings. The average Bonchev–Trinajstić information content (AvgIpc) is 2.76. The lowest BCUT2D eigenvalue weighted by atomic mass is 10.1. The van der Waals surface area contributed by atoms with Crippen molar-refractivity contribution in [2.75, 3.05) is 40.0 Å². The number of morpholine rings is 1. The van der Waals surface area contributed by atoms with Crippen LogP contribution in [0.5, 0.6) is 5.75 Å². The number of benzene rings is 2. The minimum absolute atomic E-state index is 0.102. The molecule has 0 aliphatic carbocycles. The zero-order valence-electron chi connectivity index (χ0n) is 17.9. The Balaban J connectivity index is 1.65. The number of hydrogen-bond acceptors (Lipinski definition) is 6. The molecule has 0 atom stereocenters. The van der Waals surface area contributed by atoms with Crippen molar-refractivity contribution in [1.29, 1.82) is 0 Å². The SMILES string of the molecule is COc1cc(C)c(C)cc1S(=O)(=O)NCCc1ccc(S(=O)(=O)N2CCOCC2)cc1. The number of rotatable bonds is 8. The van der Waals surface area contributed by atoms with Gasteiger partial charge in [-0.3, -0.25) is 0 Å². The van der Waals surface area contributed by atoms with Gasteiger partial charge in [0.2, 0.25) is 20.0 Å². The molecule has 0 bridgehead atoms. The van der Waals surface area contributed by atoms with E-state index < -0.39 is 20.0 Å². The summed E-state index contributed by atoms with van der Waals surface area (Å²) >= 11 is 0. The summed E-state index contributed by atoms with van der Waals surface area (Å²) in [4.78, 5) is 0.323. The standard InChI is InChI=1S/C21H28N2O6S2/c1-16-14-20(28-3)21(15-17(16)2)30(24,25)22-9-8-18-4-6-19(7-5-18)31(26,27)23-10-12-29-13-11-23/h4-7,14-15,22H,8-13H2,1-3H3. The average molecular weight is 469 g/mol. The van der Waals surface area contributed by atoms with Gasteiger partial charge in [-0.1, -0.05) is 12.1 Å². The minimum atomic E-state index is -3.75. The Hall–Kier alpha value is -1.98.